The van der Waals surface area contributed by atoms with Crippen LogP contribution < -0.4 is 24.8 Å². The molecular formula is C22H29FN2O4. The van der Waals surface area contributed by atoms with Gasteiger partial charge in [-0.05, 0) is 23.1 Å². The van der Waals surface area contributed by atoms with E-state index in [0.717, 1.165) is 5.56 Å². The molecule has 2 aromatic rings. The zero-order valence-electron chi connectivity index (χ0n) is 17.8. The number of amides is 1. The highest BCUT2D eigenvalue weighted by Gasteiger charge is 2.26. The summed E-state index contributed by atoms with van der Waals surface area (Å²) in [6.45, 7) is 6.26. The molecule has 0 spiro atoms. The first-order valence-corrected chi connectivity index (χ1v) is 9.28. The molecule has 0 aliphatic heterocycles. The van der Waals surface area contributed by atoms with E-state index in [0.29, 0.717) is 22.9 Å². The summed E-state index contributed by atoms with van der Waals surface area (Å²) < 4.78 is 29.2. The first-order valence-electron chi connectivity index (χ1n) is 9.28. The molecule has 0 saturated carbocycles. The molecule has 2 N–H and O–H groups in total. The summed E-state index contributed by atoms with van der Waals surface area (Å²) in [6, 6.07) is 9.51. The van der Waals surface area contributed by atoms with E-state index in [1.54, 1.807) is 24.3 Å². The Hall–Kier alpha value is -2.80. The van der Waals surface area contributed by atoms with E-state index in [-0.39, 0.29) is 29.7 Å². The van der Waals surface area contributed by atoms with E-state index < -0.39 is 0 Å². The van der Waals surface area contributed by atoms with E-state index in [9.17, 15) is 9.18 Å². The Morgan fingerprint density at radius 2 is 1.55 bits per heavy atom. The molecule has 1 amide bonds. The Bertz CT molecular complexity index is 807. The van der Waals surface area contributed by atoms with Crippen LogP contribution in [0.4, 0.5) is 10.1 Å². The zero-order chi connectivity index (χ0) is 21.6. The van der Waals surface area contributed by atoms with Crippen LogP contribution in [0.1, 0.15) is 32.4 Å². The lowest BCUT2D eigenvalue weighted by atomic mass is 9.82. The largest absolute Gasteiger partial charge is 0.493 e. The van der Waals surface area contributed by atoms with Crippen LogP contribution in [0.15, 0.2) is 36.4 Å². The van der Waals surface area contributed by atoms with E-state index in [4.69, 9.17) is 14.2 Å². The molecular weight excluding hydrogens is 375 g/mol. The van der Waals surface area contributed by atoms with Gasteiger partial charge < -0.3 is 24.8 Å². The second-order valence-electron chi connectivity index (χ2n) is 7.69. The lowest BCUT2D eigenvalue weighted by Gasteiger charge is -2.32. The molecule has 29 heavy (non-hydrogen) atoms. The highest BCUT2D eigenvalue weighted by atomic mass is 19.1. The number of halogens is 1. The first-order chi connectivity index (χ1) is 13.7. The number of rotatable bonds is 8. The summed E-state index contributed by atoms with van der Waals surface area (Å²) in [4.78, 5) is 12.5. The Kier molecular flexibility index (Phi) is 7.45. The summed E-state index contributed by atoms with van der Waals surface area (Å²) in [7, 11) is 4.55. The normalized spacial score (nSPS) is 12.2. The molecule has 7 heteroatoms. The van der Waals surface area contributed by atoms with Crippen molar-refractivity contribution < 1.29 is 23.4 Å². The number of nitrogens with one attached hydrogen (secondary N) is 2. The van der Waals surface area contributed by atoms with Gasteiger partial charge in [0, 0.05) is 23.9 Å². The lowest BCUT2D eigenvalue weighted by Crippen LogP contribution is -2.37. The molecule has 1 unspecified atom stereocenters. The van der Waals surface area contributed by atoms with Crippen molar-refractivity contribution in [2.45, 2.75) is 26.8 Å². The van der Waals surface area contributed by atoms with Crippen molar-refractivity contribution in [1.82, 2.24) is 5.32 Å². The van der Waals surface area contributed by atoms with Gasteiger partial charge in [0.25, 0.3) is 0 Å². The maximum Gasteiger partial charge on any atom is 0.238 e. The standard InChI is InChI=1S/C22H29FN2O4/c1-22(2,3)21(14-7-9-15(23)10-8-14)24-13-19(26)25-16-11-17(27-4)20(29-6)18(12-16)28-5/h7-12,21,24H,13H2,1-6H3,(H,25,26). The fourth-order valence-electron chi connectivity index (χ4n) is 3.13. The maximum absolute atomic E-state index is 13.3. The minimum absolute atomic E-state index is 0.0793. The highest BCUT2D eigenvalue weighted by Crippen LogP contribution is 2.40. The maximum atomic E-state index is 13.3. The lowest BCUT2D eigenvalue weighted by molar-refractivity contribution is -0.115. The van der Waals surface area contributed by atoms with Gasteiger partial charge in [0.2, 0.25) is 11.7 Å². The molecule has 0 aromatic heterocycles. The van der Waals surface area contributed by atoms with Crippen LogP contribution in [-0.4, -0.2) is 33.8 Å². The van der Waals surface area contributed by atoms with Gasteiger partial charge in [-0.2, -0.15) is 0 Å². The van der Waals surface area contributed by atoms with E-state index in [1.165, 1.54) is 33.5 Å². The van der Waals surface area contributed by atoms with Crippen molar-refractivity contribution in [2.24, 2.45) is 5.41 Å². The minimum atomic E-state index is -0.290. The second-order valence-corrected chi connectivity index (χ2v) is 7.69. The van der Waals surface area contributed by atoms with Crippen LogP contribution >= 0.6 is 0 Å². The number of ether oxygens (including phenoxy) is 3. The van der Waals surface area contributed by atoms with Crippen LogP contribution in [-0.2, 0) is 4.79 Å². The third-order valence-corrected chi connectivity index (χ3v) is 4.48. The minimum Gasteiger partial charge on any atom is -0.493 e. The van der Waals surface area contributed by atoms with Crippen LogP contribution in [0.25, 0.3) is 0 Å². The van der Waals surface area contributed by atoms with Crippen molar-refractivity contribution in [3.05, 3.63) is 47.8 Å². The quantitative estimate of drug-likeness (QED) is 0.691. The second kappa shape index (κ2) is 9.60. The summed E-state index contributed by atoms with van der Waals surface area (Å²) >= 11 is 0. The van der Waals surface area contributed by atoms with Gasteiger partial charge in [0.15, 0.2) is 11.5 Å². The van der Waals surface area contributed by atoms with Gasteiger partial charge >= 0.3 is 0 Å². The Morgan fingerprint density at radius 3 is 2.00 bits per heavy atom. The zero-order valence-corrected chi connectivity index (χ0v) is 17.8. The average Bonchev–Trinajstić information content (AvgIpc) is 2.67. The number of methoxy groups -OCH3 is 3. The third-order valence-electron chi connectivity index (χ3n) is 4.48. The van der Waals surface area contributed by atoms with Gasteiger partial charge in [-0.15, -0.1) is 0 Å². The molecule has 0 aliphatic rings. The smallest absolute Gasteiger partial charge is 0.238 e. The summed E-state index contributed by atoms with van der Waals surface area (Å²) in [5, 5.41) is 6.11. The van der Waals surface area contributed by atoms with Crippen LogP contribution in [0.3, 0.4) is 0 Å². The Morgan fingerprint density at radius 1 is 1.00 bits per heavy atom. The Balaban J connectivity index is 2.12. The SMILES string of the molecule is COc1cc(NC(=O)CNC(c2ccc(F)cc2)C(C)(C)C)cc(OC)c1OC. The molecule has 0 radical (unpaired) electrons. The predicted molar refractivity (Wildman–Crippen MR) is 111 cm³/mol. The molecule has 158 valence electrons. The number of hydrogen-bond acceptors (Lipinski definition) is 5. The average molecular weight is 404 g/mol. The molecule has 6 nitrogen and oxygen atoms in total. The molecule has 0 aliphatic carbocycles. The monoisotopic (exact) mass is 404 g/mol. The van der Waals surface area contributed by atoms with Crippen molar-refractivity contribution in [3.63, 3.8) is 0 Å². The van der Waals surface area contributed by atoms with Crippen LogP contribution in [0, 0.1) is 11.2 Å². The van der Waals surface area contributed by atoms with Crippen molar-refractivity contribution >= 4 is 11.6 Å². The number of carbonyl (C=O) groups is 1. The number of carbonyl (C=O) groups excluding carboxylic acids is 1. The Labute approximate surface area is 171 Å². The highest BCUT2D eigenvalue weighted by molar-refractivity contribution is 5.93. The molecule has 2 rings (SSSR count). The number of anilines is 1. The number of benzene rings is 2. The van der Waals surface area contributed by atoms with E-state index >= 15 is 0 Å². The van der Waals surface area contributed by atoms with Gasteiger partial charge in [0.1, 0.15) is 5.82 Å². The van der Waals surface area contributed by atoms with Gasteiger partial charge in [0.05, 0.1) is 27.9 Å². The van der Waals surface area contributed by atoms with Crippen molar-refractivity contribution in [1.29, 1.82) is 0 Å². The third kappa shape index (κ3) is 5.84. The molecule has 0 bridgehead atoms. The van der Waals surface area contributed by atoms with E-state index in [1.807, 2.05) is 0 Å². The van der Waals surface area contributed by atoms with E-state index in [2.05, 4.69) is 31.4 Å². The molecule has 2 aromatic carbocycles. The molecule has 0 heterocycles. The topological polar surface area (TPSA) is 68.8 Å². The molecule has 0 saturated heterocycles. The predicted octanol–water partition coefficient (Wildman–Crippen LogP) is 4.17. The summed E-state index contributed by atoms with van der Waals surface area (Å²) in [6.07, 6.45) is 0. The van der Waals surface area contributed by atoms with Crippen molar-refractivity contribution in [3.8, 4) is 17.2 Å². The van der Waals surface area contributed by atoms with Gasteiger partial charge in [-0.25, -0.2) is 4.39 Å². The van der Waals surface area contributed by atoms with Crippen LogP contribution in [0.2, 0.25) is 0 Å². The summed E-state index contributed by atoms with van der Waals surface area (Å²) in [5.74, 6) is 0.843. The van der Waals surface area contributed by atoms with Gasteiger partial charge in [-0.3, -0.25) is 4.79 Å². The van der Waals surface area contributed by atoms with Crippen molar-refractivity contribution in [2.75, 3.05) is 33.2 Å². The molecule has 0 fully saturated rings. The fourth-order valence-corrected chi connectivity index (χ4v) is 3.13. The first kappa shape index (κ1) is 22.5. The fraction of sp³-hybridized carbons (Fsp3) is 0.409. The van der Waals surface area contributed by atoms with Crippen LogP contribution in [0.5, 0.6) is 17.2 Å². The van der Waals surface area contributed by atoms with Gasteiger partial charge in [-0.1, -0.05) is 32.9 Å². The number of hydrogen-bond donors (Lipinski definition) is 2. The summed E-state index contributed by atoms with van der Waals surface area (Å²) in [5.41, 5.74) is 1.27. The molecule has 1 atom stereocenters.